The number of aromatic nitrogens is 1. The molecule has 0 aliphatic carbocycles. The average Bonchev–Trinajstić information content (AvgIpc) is 2.47. The molecule has 92 valence electrons. The summed E-state index contributed by atoms with van der Waals surface area (Å²) < 4.78 is 0. The van der Waals surface area contributed by atoms with Gasteiger partial charge in [-0.2, -0.15) is 0 Å². The van der Waals surface area contributed by atoms with Crippen molar-refractivity contribution in [2.75, 3.05) is 0 Å². The third kappa shape index (κ3) is 2.23. The molecule has 0 amide bonds. The second-order valence-corrected chi connectivity index (χ2v) is 4.65. The fourth-order valence-corrected chi connectivity index (χ4v) is 2.18. The van der Waals surface area contributed by atoms with Crippen LogP contribution >= 0.6 is 11.6 Å². The maximum atomic E-state index is 12.5. The zero-order chi connectivity index (χ0) is 13.2. The van der Waals surface area contributed by atoms with Gasteiger partial charge in [0, 0.05) is 11.8 Å². The van der Waals surface area contributed by atoms with Crippen molar-refractivity contribution in [2.45, 2.75) is 0 Å². The maximum Gasteiger partial charge on any atom is 0.211 e. The van der Waals surface area contributed by atoms with Crippen molar-refractivity contribution in [3.05, 3.63) is 77.1 Å². The topological polar surface area (TPSA) is 30.0 Å². The monoisotopic (exact) mass is 267 g/mol. The zero-order valence-corrected chi connectivity index (χ0v) is 10.8. The van der Waals surface area contributed by atoms with E-state index in [-0.39, 0.29) is 5.78 Å². The minimum absolute atomic E-state index is 0.0894. The van der Waals surface area contributed by atoms with Gasteiger partial charge in [0.25, 0.3) is 0 Å². The van der Waals surface area contributed by atoms with Crippen LogP contribution in [0.4, 0.5) is 0 Å². The van der Waals surface area contributed by atoms with Crippen molar-refractivity contribution in [3.63, 3.8) is 0 Å². The van der Waals surface area contributed by atoms with Crippen LogP contribution in [0, 0.1) is 0 Å². The molecule has 3 aromatic rings. The van der Waals surface area contributed by atoms with Crippen LogP contribution in [0.25, 0.3) is 10.8 Å². The molecule has 0 aliphatic rings. The molecule has 1 heterocycles. The minimum atomic E-state index is -0.0894. The number of pyridine rings is 1. The molecule has 3 heteroatoms. The van der Waals surface area contributed by atoms with Crippen molar-refractivity contribution in [1.29, 1.82) is 0 Å². The second-order valence-electron chi connectivity index (χ2n) is 4.22. The molecule has 19 heavy (non-hydrogen) atoms. The van der Waals surface area contributed by atoms with Gasteiger partial charge in [0.15, 0.2) is 0 Å². The van der Waals surface area contributed by atoms with Gasteiger partial charge in [-0.05, 0) is 22.9 Å². The van der Waals surface area contributed by atoms with E-state index in [1.807, 2.05) is 42.5 Å². The van der Waals surface area contributed by atoms with Crippen LogP contribution in [0.15, 0.2) is 60.8 Å². The molecule has 0 spiro atoms. The number of fused-ring (bicyclic) bond motifs is 1. The average molecular weight is 268 g/mol. The third-order valence-electron chi connectivity index (χ3n) is 2.99. The molecule has 0 atom stereocenters. The number of hydrogen-bond donors (Lipinski definition) is 0. The minimum Gasteiger partial charge on any atom is -0.287 e. The molecule has 3 rings (SSSR count). The summed E-state index contributed by atoms with van der Waals surface area (Å²) in [5.74, 6) is -0.0894. The van der Waals surface area contributed by atoms with Crippen LogP contribution in [0.1, 0.15) is 16.1 Å². The number of benzene rings is 2. The molecule has 2 nitrogen and oxygen atoms in total. The van der Waals surface area contributed by atoms with Crippen LogP contribution in [0.3, 0.4) is 0 Å². The second kappa shape index (κ2) is 4.82. The van der Waals surface area contributed by atoms with Gasteiger partial charge in [-0.25, -0.2) is 0 Å². The number of halogens is 1. The van der Waals surface area contributed by atoms with Crippen molar-refractivity contribution < 1.29 is 4.79 Å². The van der Waals surface area contributed by atoms with Crippen molar-refractivity contribution in [1.82, 2.24) is 4.98 Å². The highest BCUT2D eigenvalue weighted by Crippen LogP contribution is 2.21. The van der Waals surface area contributed by atoms with Crippen LogP contribution in [0.5, 0.6) is 0 Å². The summed E-state index contributed by atoms with van der Waals surface area (Å²) in [4.78, 5) is 16.5. The summed E-state index contributed by atoms with van der Waals surface area (Å²) in [5, 5.41) is 2.50. The number of carbonyl (C=O) groups is 1. The van der Waals surface area contributed by atoms with Crippen LogP contribution in [-0.2, 0) is 0 Å². The van der Waals surface area contributed by atoms with E-state index in [4.69, 9.17) is 11.6 Å². The lowest BCUT2D eigenvalue weighted by Gasteiger charge is -2.05. The highest BCUT2D eigenvalue weighted by Gasteiger charge is 2.13. The number of hydrogen-bond acceptors (Lipinski definition) is 2. The standard InChI is InChI=1S/C16H10ClNO/c17-12-8-9-15(18-10-12)16(19)14-7-3-5-11-4-1-2-6-13(11)14/h1-10H. The Bertz CT molecular complexity index is 745. The van der Waals surface area contributed by atoms with Crippen molar-refractivity contribution >= 4 is 28.2 Å². The number of carbonyl (C=O) groups excluding carboxylic acids is 1. The van der Waals surface area contributed by atoms with E-state index >= 15 is 0 Å². The summed E-state index contributed by atoms with van der Waals surface area (Å²) in [6, 6.07) is 16.8. The smallest absolute Gasteiger partial charge is 0.211 e. The Morgan fingerprint density at radius 1 is 0.947 bits per heavy atom. The molecule has 0 radical (unpaired) electrons. The number of ketones is 1. The molecule has 0 fully saturated rings. The molecule has 0 saturated carbocycles. The first kappa shape index (κ1) is 11.9. The molecule has 0 saturated heterocycles. The summed E-state index contributed by atoms with van der Waals surface area (Å²) >= 11 is 5.78. The summed E-state index contributed by atoms with van der Waals surface area (Å²) in [7, 11) is 0. The third-order valence-corrected chi connectivity index (χ3v) is 3.22. The fourth-order valence-electron chi connectivity index (χ4n) is 2.07. The molecule has 0 unspecified atom stereocenters. The highest BCUT2D eigenvalue weighted by molar-refractivity contribution is 6.30. The first-order valence-corrected chi connectivity index (χ1v) is 6.27. The van der Waals surface area contributed by atoms with Crippen LogP contribution < -0.4 is 0 Å². The quantitative estimate of drug-likeness (QED) is 0.654. The Morgan fingerprint density at radius 2 is 1.74 bits per heavy atom. The summed E-state index contributed by atoms with van der Waals surface area (Å²) in [6.07, 6.45) is 1.49. The molecule has 0 aliphatic heterocycles. The predicted molar refractivity (Wildman–Crippen MR) is 76.6 cm³/mol. The maximum absolute atomic E-state index is 12.5. The van der Waals surface area contributed by atoms with Crippen LogP contribution in [0.2, 0.25) is 5.02 Å². The van der Waals surface area contributed by atoms with Crippen molar-refractivity contribution in [3.8, 4) is 0 Å². The van der Waals surface area contributed by atoms with Crippen LogP contribution in [-0.4, -0.2) is 10.8 Å². The summed E-state index contributed by atoms with van der Waals surface area (Å²) in [6.45, 7) is 0. The lowest BCUT2D eigenvalue weighted by molar-refractivity contribution is 0.103. The van der Waals surface area contributed by atoms with E-state index < -0.39 is 0 Å². The van der Waals surface area contributed by atoms with E-state index in [1.54, 1.807) is 12.1 Å². The van der Waals surface area contributed by atoms with Gasteiger partial charge in [0.2, 0.25) is 5.78 Å². The van der Waals surface area contributed by atoms with Crippen molar-refractivity contribution in [2.24, 2.45) is 0 Å². The van der Waals surface area contributed by atoms with Gasteiger partial charge < -0.3 is 0 Å². The van der Waals surface area contributed by atoms with E-state index in [0.717, 1.165) is 10.8 Å². The first-order valence-electron chi connectivity index (χ1n) is 5.90. The summed E-state index contributed by atoms with van der Waals surface area (Å²) in [5.41, 5.74) is 1.06. The Kier molecular flexibility index (Phi) is 3.02. The normalized spacial score (nSPS) is 10.6. The van der Waals surface area contributed by atoms with Gasteiger partial charge in [0.05, 0.1) is 5.02 Å². The first-order chi connectivity index (χ1) is 9.25. The molecule has 0 bridgehead atoms. The molecule has 0 N–H and O–H groups in total. The van der Waals surface area contributed by atoms with E-state index in [1.165, 1.54) is 6.20 Å². The Hall–Kier alpha value is -2.19. The van der Waals surface area contributed by atoms with Gasteiger partial charge in [0.1, 0.15) is 5.69 Å². The zero-order valence-electron chi connectivity index (χ0n) is 10.0. The predicted octanol–water partition coefficient (Wildman–Crippen LogP) is 4.12. The van der Waals surface area contributed by atoms with Gasteiger partial charge in [-0.15, -0.1) is 0 Å². The molecular formula is C16H10ClNO. The Morgan fingerprint density at radius 3 is 2.53 bits per heavy atom. The lowest BCUT2D eigenvalue weighted by Crippen LogP contribution is -2.04. The fraction of sp³-hybridized carbons (Fsp3) is 0. The van der Waals surface area contributed by atoms with Gasteiger partial charge in [-0.3, -0.25) is 9.78 Å². The molecular weight excluding hydrogens is 258 g/mol. The van der Waals surface area contributed by atoms with Gasteiger partial charge in [-0.1, -0.05) is 54.1 Å². The SMILES string of the molecule is O=C(c1ccc(Cl)cn1)c1cccc2ccccc12. The largest absolute Gasteiger partial charge is 0.287 e. The Balaban J connectivity index is 2.14. The number of nitrogens with zero attached hydrogens (tertiary/aromatic N) is 1. The Labute approximate surface area is 115 Å². The van der Waals surface area contributed by atoms with E-state index in [2.05, 4.69) is 4.98 Å². The van der Waals surface area contributed by atoms with Gasteiger partial charge >= 0.3 is 0 Å². The lowest BCUT2D eigenvalue weighted by atomic mass is 10.00. The van der Waals surface area contributed by atoms with E-state index in [9.17, 15) is 4.79 Å². The molecule has 1 aromatic heterocycles. The molecule has 2 aromatic carbocycles. The highest BCUT2D eigenvalue weighted by atomic mass is 35.5. The van der Waals surface area contributed by atoms with E-state index in [0.29, 0.717) is 16.3 Å². The number of rotatable bonds is 2.